The Balaban J connectivity index is 2.74. The summed E-state index contributed by atoms with van der Waals surface area (Å²) in [6, 6.07) is 0. The maximum Gasteiger partial charge on any atom is 0.144 e. The van der Waals surface area contributed by atoms with Crippen molar-refractivity contribution in [1.82, 2.24) is 0 Å². The van der Waals surface area contributed by atoms with Crippen LogP contribution in [0.3, 0.4) is 0 Å². The number of fused-ring (bicyclic) bond motifs is 2. The fourth-order valence-corrected chi connectivity index (χ4v) is 7.39. The highest BCUT2D eigenvalue weighted by Crippen LogP contribution is 2.43. The number of rotatable bonds is 0. The van der Waals surface area contributed by atoms with Gasteiger partial charge in [-0.2, -0.15) is 0 Å². The zero-order valence-corrected chi connectivity index (χ0v) is 13.3. The zero-order chi connectivity index (χ0) is 11.4. The van der Waals surface area contributed by atoms with Crippen LogP contribution in [0.2, 0.25) is 0 Å². The Morgan fingerprint density at radius 2 is 0.875 bits per heavy atom. The molecular weight excluding hydrogens is 313 g/mol. The molecule has 3 rings (SSSR count). The first-order chi connectivity index (χ1) is 7.58. The molecule has 82 valence electrons. The number of aryl methyl sites for hydroxylation is 2. The van der Waals surface area contributed by atoms with E-state index in [0.29, 0.717) is 0 Å². The largest absolute Gasteiger partial charge is 0.144 e. The molecule has 3 aromatic rings. The summed E-state index contributed by atoms with van der Waals surface area (Å²) in [5, 5.41) is 0. The number of hydrogen-bond donors (Lipinski definition) is 0. The maximum absolute atomic E-state index is 5.29. The fraction of sp³-hybridized carbons (Fsp3) is 0.200. The molecule has 0 saturated carbocycles. The third kappa shape index (κ3) is 1.55. The van der Waals surface area contributed by atoms with E-state index in [2.05, 4.69) is 13.8 Å². The molecule has 0 aliphatic heterocycles. The van der Waals surface area contributed by atoms with E-state index in [1.807, 2.05) is 0 Å². The molecule has 0 fully saturated rings. The topological polar surface area (TPSA) is 0 Å². The molecule has 0 radical (unpaired) electrons. The van der Waals surface area contributed by atoms with E-state index in [4.69, 9.17) is 24.4 Å². The van der Waals surface area contributed by atoms with Crippen molar-refractivity contribution in [3.63, 3.8) is 0 Å². The Morgan fingerprint density at radius 3 is 1.12 bits per heavy atom. The van der Waals surface area contributed by atoms with Crippen molar-refractivity contribution in [1.29, 1.82) is 0 Å². The van der Waals surface area contributed by atoms with Crippen molar-refractivity contribution in [2.24, 2.45) is 0 Å². The minimum atomic E-state index is 1.02. The van der Waals surface area contributed by atoms with E-state index < -0.39 is 0 Å². The van der Waals surface area contributed by atoms with Crippen molar-refractivity contribution in [3.05, 3.63) is 17.4 Å². The van der Waals surface area contributed by atoms with Crippen molar-refractivity contribution in [3.8, 4) is 0 Å². The Bertz CT molecular complexity index is 681. The summed E-state index contributed by atoms with van der Waals surface area (Å²) in [5.41, 5.74) is 2.70. The minimum absolute atomic E-state index is 1.02. The second-order valence-electron chi connectivity index (χ2n) is 3.47. The first kappa shape index (κ1) is 11.4. The first-order valence-corrected chi connectivity index (χ1v) is 8.62. The molecule has 0 bridgehead atoms. The van der Waals surface area contributed by atoms with E-state index in [9.17, 15) is 0 Å². The Morgan fingerprint density at radius 1 is 0.625 bits per heavy atom. The lowest BCUT2D eigenvalue weighted by Gasteiger charge is -2.01. The molecule has 2 aromatic heterocycles. The van der Waals surface area contributed by atoms with Crippen LogP contribution in [-0.4, -0.2) is 0 Å². The molecule has 0 aliphatic carbocycles. The van der Waals surface area contributed by atoms with Crippen molar-refractivity contribution >= 4 is 88.6 Å². The van der Waals surface area contributed by atoms with Crippen LogP contribution in [0.15, 0.2) is 0 Å². The average molecular weight is 319 g/mol. The molecule has 0 atom stereocenters. The standard InChI is InChI=1S/C10H6S6/c1-3-5-7(15-9(11)13-5)4(2)8-6(3)14-10(12)16-8/h1-2H3. The molecule has 0 saturated heterocycles. The summed E-state index contributed by atoms with van der Waals surface area (Å²) >= 11 is 17.5. The summed E-state index contributed by atoms with van der Waals surface area (Å²) in [6.07, 6.45) is 0. The molecule has 2 heterocycles. The Kier molecular flexibility index (Phi) is 2.77. The van der Waals surface area contributed by atoms with Gasteiger partial charge in [-0.3, -0.25) is 0 Å². The van der Waals surface area contributed by atoms with Gasteiger partial charge in [0.1, 0.15) is 6.28 Å². The van der Waals surface area contributed by atoms with Crippen LogP contribution in [-0.2, 0) is 0 Å². The van der Waals surface area contributed by atoms with Gasteiger partial charge in [-0.05, 0) is 25.0 Å². The highest BCUT2D eigenvalue weighted by molar-refractivity contribution is 7.77. The smallest absolute Gasteiger partial charge is 0.112 e. The van der Waals surface area contributed by atoms with Gasteiger partial charge < -0.3 is 0 Å². The zero-order valence-electron chi connectivity index (χ0n) is 8.45. The van der Waals surface area contributed by atoms with Crippen molar-refractivity contribution in [2.75, 3.05) is 0 Å². The first-order valence-electron chi connectivity index (χ1n) is 4.54. The van der Waals surface area contributed by atoms with Gasteiger partial charge in [0.15, 0.2) is 0 Å². The lowest BCUT2D eigenvalue weighted by atomic mass is 10.2. The molecule has 0 N–H and O–H groups in total. The Labute approximate surface area is 119 Å². The molecule has 0 spiro atoms. The van der Waals surface area contributed by atoms with Crippen molar-refractivity contribution < 1.29 is 0 Å². The molecule has 0 unspecified atom stereocenters. The monoisotopic (exact) mass is 318 g/mol. The maximum atomic E-state index is 5.29. The van der Waals surface area contributed by atoms with Gasteiger partial charge >= 0.3 is 0 Å². The third-order valence-electron chi connectivity index (χ3n) is 2.52. The Hall–Kier alpha value is 0.280. The van der Waals surface area contributed by atoms with Gasteiger partial charge in [-0.15, -0.1) is 45.3 Å². The molecular formula is C10H6S6. The predicted octanol–water partition coefficient (Wildman–Crippen LogP) is 6.31. The average Bonchev–Trinajstić information content (AvgIpc) is 2.78. The fourth-order valence-electron chi connectivity index (χ4n) is 1.75. The van der Waals surface area contributed by atoms with Gasteiger partial charge in [0.2, 0.25) is 0 Å². The molecule has 0 nitrogen and oxygen atoms in total. The van der Waals surface area contributed by atoms with E-state index in [1.165, 1.54) is 29.9 Å². The van der Waals surface area contributed by atoms with Crippen LogP contribution in [0, 0.1) is 20.1 Å². The normalized spacial score (nSPS) is 11.6. The van der Waals surface area contributed by atoms with E-state index in [0.717, 1.165) is 6.28 Å². The van der Waals surface area contributed by atoms with Gasteiger partial charge in [-0.1, -0.05) is 24.4 Å². The van der Waals surface area contributed by atoms with E-state index in [-0.39, 0.29) is 0 Å². The molecule has 0 aliphatic rings. The summed E-state index contributed by atoms with van der Waals surface area (Å²) in [6.45, 7) is 4.36. The molecule has 6 heteroatoms. The van der Waals surface area contributed by atoms with Gasteiger partial charge in [0.05, 0.1) is 18.8 Å². The second-order valence-corrected chi connectivity index (χ2v) is 9.92. The quantitative estimate of drug-likeness (QED) is 0.445. The highest BCUT2D eigenvalue weighted by atomic mass is 32.2. The second kappa shape index (κ2) is 3.90. The minimum Gasteiger partial charge on any atom is -0.112 e. The van der Waals surface area contributed by atoms with Crippen molar-refractivity contribution in [2.45, 2.75) is 13.8 Å². The van der Waals surface area contributed by atoms with E-state index in [1.54, 1.807) is 45.3 Å². The lowest BCUT2D eigenvalue weighted by Crippen LogP contribution is -1.77. The van der Waals surface area contributed by atoms with Crippen LogP contribution in [0.1, 0.15) is 11.1 Å². The van der Waals surface area contributed by atoms with Gasteiger partial charge in [0.25, 0.3) is 0 Å². The third-order valence-corrected chi connectivity index (χ3v) is 8.30. The van der Waals surface area contributed by atoms with Crippen LogP contribution in [0.5, 0.6) is 0 Å². The molecule has 0 amide bonds. The summed E-state index contributed by atoms with van der Waals surface area (Å²) in [7, 11) is 0. The van der Waals surface area contributed by atoms with Crippen LogP contribution >= 0.6 is 69.8 Å². The summed E-state index contributed by atoms with van der Waals surface area (Å²) in [5.74, 6) is 0. The van der Waals surface area contributed by atoms with Crippen LogP contribution < -0.4 is 0 Å². The van der Waals surface area contributed by atoms with Gasteiger partial charge in [0, 0.05) is 0 Å². The lowest BCUT2D eigenvalue weighted by molar-refractivity contribution is 1.60. The van der Waals surface area contributed by atoms with E-state index >= 15 is 0 Å². The SMILES string of the molecule is Cc1c2sc(=S)sc2c(C)c2sc(=S)sc12. The van der Waals surface area contributed by atoms with Crippen LogP contribution in [0.25, 0.3) is 18.8 Å². The summed E-state index contributed by atoms with van der Waals surface area (Å²) in [4.78, 5) is 0. The van der Waals surface area contributed by atoms with Gasteiger partial charge in [-0.25, -0.2) is 0 Å². The number of hydrogen-bond acceptors (Lipinski definition) is 6. The van der Waals surface area contributed by atoms with Crippen LogP contribution in [0.4, 0.5) is 0 Å². The number of benzene rings is 1. The predicted molar refractivity (Wildman–Crippen MR) is 84.1 cm³/mol. The summed E-state index contributed by atoms with van der Waals surface area (Å²) < 4.78 is 7.44. The molecule has 16 heavy (non-hydrogen) atoms. The molecule has 1 aromatic carbocycles. The highest BCUT2D eigenvalue weighted by Gasteiger charge is 2.13.